The first-order valence-electron chi connectivity index (χ1n) is 12.0. The summed E-state index contributed by atoms with van der Waals surface area (Å²) in [6.45, 7) is 5.70. The van der Waals surface area contributed by atoms with E-state index in [9.17, 15) is 4.79 Å². The SMILES string of the molecule is O=C(NCc1nnc2n1CCN(Cc1ccc(OCc3ccccc3)cc1)CC2)C1CCOC1. The molecule has 0 bridgehead atoms. The summed E-state index contributed by atoms with van der Waals surface area (Å²) in [7, 11) is 0. The maximum atomic E-state index is 12.3. The first-order chi connectivity index (χ1) is 16.7. The molecule has 0 saturated carbocycles. The van der Waals surface area contributed by atoms with Crippen LogP contribution in [0.5, 0.6) is 5.75 Å². The van der Waals surface area contributed by atoms with Gasteiger partial charge in [-0.05, 0) is 29.7 Å². The lowest BCUT2D eigenvalue weighted by atomic mass is 10.1. The molecule has 3 aromatic rings. The molecule has 1 amide bonds. The molecular weight excluding hydrogens is 430 g/mol. The van der Waals surface area contributed by atoms with E-state index in [4.69, 9.17) is 9.47 Å². The molecule has 0 spiro atoms. The van der Waals surface area contributed by atoms with Crippen molar-refractivity contribution in [2.24, 2.45) is 5.92 Å². The molecule has 1 unspecified atom stereocenters. The van der Waals surface area contributed by atoms with Crippen LogP contribution >= 0.6 is 0 Å². The van der Waals surface area contributed by atoms with Crippen LogP contribution in [0.3, 0.4) is 0 Å². The third-order valence-electron chi connectivity index (χ3n) is 6.49. The van der Waals surface area contributed by atoms with Gasteiger partial charge in [-0.15, -0.1) is 10.2 Å². The summed E-state index contributed by atoms with van der Waals surface area (Å²) < 4.78 is 13.4. The highest BCUT2D eigenvalue weighted by atomic mass is 16.5. The van der Waals surface area contributed by atoms with Crippen molar-refractivity contribution in [1.82, 2.24) is 25.0 Å². The van der Waals surface area contributed by atoms with Crippen molar-refractivity contribution in [3.8, 4) is 5.75 Å². The summed E-state index contributed by atoms with van der Waals surface area (Å²) in [6.07, 6.45) is 1.63. The Bertz CT molecular complexity index is 1080. The number of carbonyl (C=O) groups is 1. The fourth-order valence-electron chi connectivity index (χ4n) is 4.46. The van der Waals surface area contributed by atoms with Crippen molar-refractivity contribution >= 4 is 5.91 Å². The zero-order valence-corrected chi connectivity index (χ0v) is 19.4. The Morgan fingerprint density at radius 2 is 1.88 bits per heavy atom. The van der Waals surface area contributed by atoms with Gasteiger partial charge in [0.1, 0.15) is 18.2 Å². The predicted molar refractivity (Wildman–Crippen MR) is 127 cm³/mol. The molecule has 0 radical (unpaired) electrons. The first-order valence-corrected chi connectivity index (χ1v) is 12.0. The second-order valence-corrected chi connectivity index (χ2v) is 8.91. The van der Waals surface area contributed by atoms with Gasteiger partial charge in [-0.3, -0.25) is 9.69 Å². The van der Waals surface area contributed by atoms with E-state index in [-0.39, 0.29) is 11.8 Å². The van der Waals surface area contributed by atoms with E-state index in [1.807, 2.05) is 30.3 Å². The van der Waals surface area contributed by atoms with Gasteiger partial charge in [0.15, 0.2) is 5.82 Å². The van der Waals surface area contributed by atoms with E-state index >= 15 is 0 Å². The fraction of sp³-hybridized carbons (Fsp3) is 0.423. The molecule has 1 aromatic heterocycles. The van der Waals surface area contributed by atoms with Gasteiger partial charge in [-0.25, -0.2) is 0 Å². The highest BCUT2D eigenvalue weighted by Gasteiger charge is 2.24. The molecule has 1 N–H and O–H groups in total. The minimum atomic E-state index is -0.0443. The molecule has 1 fully saturated rings. The molecule has 3 heterocycles. The summed E-state index contributed by atoms with van der Waals surface area (Å²) in [5.74, 6) is 2.69. The van der Waals surface area contributed by atoms with Crippen LogP contribution in [0.25, 0.3) is 0 Å². The third-order valence-corrected chi connectivity index (χ3v) is 6.49. The van der Waals surface area contributed by atoms with Crippen LogP contribution in [0.2, 0.25) is 0 Å². The maximum Gasteiger partial charge on any atom is 0.225 e. The highest BCUT2D eigenvalue weighted by Crippen LogP contribution is 2.18. The van der Waals surface area contributed by atoms with Crippen molar-refractivity contribution < 1.29 is 14.3 Å². The van der Waals surface area contributed by atoms with Gasteiger partial charge in [0, 0.05) is 39.2 Å². The monoisotopic (exact) mass is 461 g/mol. The van der Waals surface area contributed by atoms with Gasteiger partial charge in [-0.1, -0.05) is 42.5 Å². The van der Waals surface area contributed by atoms with Crippen molar-refractivity contribution in [3.63, 3.8) is 0 Å². The lowest BCUT2D eigenvalue weighted by Crippen LogP contribution is -2.32. The minimum absolute atomic E-state index is 0.0429. The van der Waals surface area contributed by atoms with Gasteiger partial charge < -0.3 is 19.4 Å². The van der Waals surface area contributed by atoms with Gasteiger partial charge >= 0.3 is 0 Å². The van der Waals surface area contributed by atoms with E-state index in [0.29, 0.717) is 26.4 Å². The summed E-state index contributed by atoms with van der Waals surface area (Å²) in [5.41, 5.74) is 2.42. The number of nitrogens with one attached hydrogen (secondary N) is 1. The first kappa shape index (κ1) is 22.6. The smallest absolute Gasteiger partial charge is 0.225 e. The lowest BCUT2D eigenvalue weighted by Gasteiger charge is -2.20. The standard InChI is InChI=1S/C26H31N5O3/c32-26(22-11-15-33-19-22)27-16-25-29-28-24-10-12-30(13-14-31(24)25)17-20-6-8-23(9-7-20)34-18-21-4-2-1-3-5-21/h1-9,22H,10-19H2,(H,27,32). The molecule has 2 aliphatic heterocycles. The molecule has 178 valence electrons. The lowest BCUT2D eigenvalue weighted by molar-refractivity contribution is -0.125. The van der Waals surface area contributed by atoms with Crippen LogP contribution in [-0.2, 0) is 42.2 Å². The number of hydrogen-bond acceptors (Lipinski definition) is 6. The van der Waals surface area contributed by atoms with E-state index in [0.717, 1.165) is 62.0 Å². The number of fused-ring (bicyclic) bond motifs is 1. The Hall–Kier alpha value is -3.23. The Morgan fingerprint density at radius 3 is 2.68 bits per heavy atom. The zero-order chi connectivity index (χ0) is 23.2. The third kappa shape index (κ3) is 5.63. The molecule has 0 aliphatic carbocycles. The largest absolute Gasteiger partial charge is 0.489 e. The van der Waals surface area contributed by atoms with Crippen molar-refractivity contribution in [2.75, 3.05) is 26.3 Å². The Labute approximate surface area is 199 Å². The van der Waals surface area contributed by atoms with Crippen molar-refractivity contribution in [2.45, 2.75) is 39.1 Å². The molecule has 1 atom stereocenters. The number of aromatic nitrogens is 3. The van der Waals surface area contributed by atoms with Gasteiger partial charge in [0.25, 0.3) is 0 Å². The number of hydrogen-bond donors (Lipinski definition) is 1. The molecule has 2 aliphatic rings. The minimum Gasteiger partial charge on any atom is -0.489 e. The molecular formula is C26H31N5O3. The quantitative estimate of drug-likeness (QED) is 0.555. The average Bonchev–Trinajstić information content (AvgIpc) is 3.51. The van der Waals surface area contributed by atoms with Gasteiger partial charge in [0.2, 0.25) is 5.91 Å². The molecule has 34 heavy (non-hydrogen) atoms. The second-order valence-electron chi connectivity index (χ2n) is 8.91. The Kier molecular flexibility index (Phi) is 7.16. The van der Waals surface area contributed by atoms with E-state index < -0.39 is 0 Å². The summed E-state index contributed by atoms with van der Waals surface area (Å²) in [6, 6.07) is 18.6. The molecule has 8 heteroatoms. The number of carbonyl (C=O) groups excluding carboxylic acids is 1. The average molecular weight is 462 g/mol. The number of benzene rings is 2. The maximum absolute atomic E-state index is 12.3. The van der Waals surface area contributed by atoms with Crippen LogP contribution in [0, 0.1) is 5.92 Å². The molecule has 2 aromatic carbocycles. The molecule has 5 rings (SSSR count). The van der Waals surface area contributed by atoms with Crippen molar-refractivity contribution in [3.05, 3.63) is 77.4 Å². The normalized spacial score (nSPS) is 18.3. The number of ether oxygens (including phenoxy) is 2. The number of nitrogens with zero attached hydrogens (tertiary/aromatic N) is 4. The van der Waals surface area contributed by atoms with Crippen LogP contribution in [0.15, 0.2) is 54.6 Å². The molecule has 1 saturated heterocycles. The Morgan fingerprint density at radius 1 is 1.03 bits per heavy atom. The van der Waals surface area contributed by atoms with E-state index in [1.54, 1.807) is 0 Å². The van der Waals surface area contributed by atoms with Crippen LogP contribution in [0.1, 0.15) is 29.2 Å². The summed E-state index contributed by atoms with van der Waals surface area (Å²) >= 11 is 0. The molecule has 8 nitrogen and oxygen atoms in total. The number of rotatable bonds is 8. The second kappa shape index (κ2) is 10.8. The predicted octanol–water partition coefficient (Wildman–Crippen LogP) is 2.57. The van der Waals surface area contributed by atoms with Crippen molar-refractivity contribution in [1.29, 1.82) is 0 Å². The fourth-order valence-corrected chi connectivity index (χ4v) is 4.46. The van der Waals surface area contributed by atoms with E-state index in [2.05, 4.69) is 49.2 Å². The Balaban J connectivity index is 1.11. The topological polar surface area (TPSA) is 81.5 Å². The van der Waals surface area contributed by atoms with Gasteiger partial charge in [-0.2, -0.15) is 0 Å². The highest BCUT2D eigenvalue weighted by molar-refractivity contribution is 5.78. The summed E-state index contributed by atoms with van der Waals surface area (Å²) in [5, 5.41) is 11.7. The number of amides is 1. The van der Waals surface area contributed by atoms with Crippen LogP contribution in [-0.4, -0.2) is 51.9 Å². The summed E-state index contributed by atoms with van der Waals surface area (Å²) in [4.78, 5) is 14.7. The zero-order valence-electron chi connectivity index (χ0n) is 19.4. The van der Waals surface area contributed by atoms with Crippen LogP contribution < -0.4 is 10.1 Å². The van der Waals surface area contributed by atoms with Crippen LogP contribution in [0.4, 0.5) is 0 Å². The van der Waals surface area contributed by atoms with Gasteiger partial charge in [0.05, 0.1) is 19.1 Å². The van der Waals surface area contributed by atoms with E-state index in [1.165, 1.54) is 5.56 Å².